The van der Waals surface area contributed by atoms with E-state index in [1.165, 1.54) is 18.2 Å². The van der Waals surface area contributed by atoms with E-state index in [0.717, 1.165) is 38.6 Å². The van der Waals surface area contributed by atoms with Crippen molar-refractivity contribution in [3.05, 3.63) is 41.5 Å². The predicted molar refractivity (Wildman–Crippen MR) is 160 cm³/mol. The van der Waals surface area contributed by atoms with E-state index in [-0.39, 0.29) is 46.6 Å². The molecule has 3 aliphatic heterocycles. The molecule has 11 heteroatoms. The van der Waals surface area contributed by atoms with Crippen LogP contribution in [0.3, 0.4) is 0 Å². The minimum atomic E-state index is -0.911. The maximum Gasteiger partial charge on any atom is 0.319 e. The quantitative estimate of drug-likeness (QED) is 0.292. The fraction of sp³-hybridized carbons (Fsp3) is 0.485. The fourth-order valence-electron chi connectivity index (χ4n) is 7.96. The van der Waals surface area contributed by atoms with Gasteiger partial charge in [-0.1, -0.05) is 13.0 Å². The summed E-state index contributed by atoms with van der Waals surface area (Å²) < 4.78 is 58.9. The van der Waals surface area contributed by atoms with Crippen LogP contribution in [0.15, 0.2) is 24.3 Å². The topological polar surface area (TPSA) is 83.8 Å². The number of rotatable bonds is 5. The Balaban J connectivity index is 1.33. The lowest BCUT2D eigenvalue weighted by atomic mass is 9.76. The number of ether oxygens (including phenoxy) is 2. The molecule has 2 aromatic carbocycles. The van der Waals surface area contributed by atoms with Gasteiger partial charge in [-0.05, 0) is 79.6 Å². The lowest BCUT2D eigenvalue weighted by Gasteiger charge is -2.47. The van der Waals surface area contributed by atoms with Crippen LogP contribution in [0, 0.1) is 11.6 Å². The van der Waals surface area contributed by atoms with Crippen molar-refractivity contribution in [2.75, 3.05) is 38.3 Å². The number of phenolic OH excluding ortho intramolecular Hbond substituents is 1. The van der Waals surface area contributed by atoms with E-state index < -0.39 is 23.3 Å². The molecule has 44 heavy (non-hydrogen) atoms. The molecule has 0 amide bonds. The first-order valence-electron chi connectivity index (χ1n) is 15.5. The first kappa shape index (κ1) is 27.7. The Labute approximate surface area is 252 Å². The summed E-state index contributed by atoms with van der Waals surface area (Å²) in [6, 6.07) is 5.85. The van der Waals surface area contributed by atoms with Crippen LogP contribution in [0.2, 0.25) is 0 Å². The number of benzene rings is 2. The molecule has 2 atom stereocenters. The van der Waals surface area contributed by atoms with Crippen molar-refractivity contribution in [1.29, 1.82) is 0 Å². The maximum absolute atomic E-state index is 16.9. The van der Waals surface area contributed by atoms with E-state index in [4.69, 9.17) is 14.5 Å². The van der Waals surface area contributed by atoms with E-state index in [1.54, 1.807) is 6.07 Å². The lowest BCUT2D eigenvalue weighted by Crippen LogP contribution is -2.56. The van der Waals surface area contributed by atoms with Gasteiger partial charge in [0.1, 0.15) is 53.4 Å². The predicted octanol–water partition coefficient (Wildman–Crippen LogP) is 6.10. The minimum absolute atomic E-state index is 0.00214. The Morgan fingerprint density at radius 2 is 1.93 bits per heavy atom. The number of pyridine rings is 1. The molecule has 230 valence electrons. The largest absolute Gasteiger partial charge is 0.508 e. The average molecular weight is 606 g/mol. The molecule has 3 fully saturated rings. The van der Waals surface area contributed by atoms with Crippen molar-refractivity contribution >= 4 is 27.5 Å². The zero-order chi connectivity index (χ0) is 30.4. The van der Waals surface area contributed by atoms with Crippen molar-refractivity contribution in [3.8, 4) is 28.9 Å². The molecule has 0 bridgehead atoms. The van der Waals surface area contributed by atoms with Gasteiger partial charge in [0.05, 0.1) is 11.1 Å². The average Bonchev–Trinajstić information content (AvgIpc) is 3.47. The van der Waals surface area contributed by atoms with Crippen LogP contribution in [0.1, 0.15) is 51.0 Å². The van der Waals surface area contributed by atoms with Crippen LogP contribution in [-0.4, -0.2) is 75.6 Å². The highest BCUT2D eigenvalue weighted by atomic mass is 19.1. The smallest absolute Gasteiger partial charge is 0.319 e. The van der Waals surface area contributed by atoms with E-state index in [2.05, 4.69) is 14.9 Å². The lowest BCUT2D eigenvalue weighted by molar-refractivity contribution is 0.107. The van der Waals surface area contributed by atoms with Crippen molar-refractivity contribution in [2.45, 2.75) is 69.1 Å². The maximum atomic E-state index is 16.9. The number of nitrogens with zero attached hydrogens (tertiary/aromatic N) is 5. The molecule has 4 aromatic rings. The molecule has 5 heterocycles. The number of aromatic nitrogens is 3. The number of alkyl halides is 1. The number of likely N-dealkylation sites (N-methyl/N-ethyl adjacent to an activating group) is 1. The van der Waals surface area contributed by atoms with Crippen LogP contribution < -0.4 is 14.4 Å². The van der Waals surface area contributed by atoms with Crippen LogP contribution in [0.5, 0.6) is 17.6 Å². The molecule has 8 rings (SSSR count). The van der Waals surface area contributed by atoms with Crippen molar-refractivity contribution in [3.63, 3.8) is 0 Å². The second-order valence-corrected chi connectivity index (χ2v) is 12.9. The number of halogens is 3. The first-order valence-corrected chi connectivity index (χ1v) is 15.5. The van der Waals surface area contributed by atoms with E-state index >= 15 is 8.78 Å². The summed E-state index contributed by atoms with van der Waals surface area (Å²) in [6.07, 6.45) is 4.39. The van der Waals surface area contributed by atoms with Crippen molar-refractivity contribution in [2.24, 2.45) is 0 Å². The molecular formula is C33H34F3N5O3. The summed E-state index contributed by atoms with van der Waals surface area (Å²) in [7, 11) is 1.93. The normalized spacial score (nSPS) is 24.0. The molecule has 8 nitrogen and oxygen atoms in total. The number of hydrogen-bond acceptors (Lipinski definition) is 8. The highest BCUT2D eigenvalue weighted by Crippen LogP contribution is 2.48. The van der Waals surface area contributed by atoms with Crippen LogP contribution in [0.25, 0.3) is 32.9 Å². The second-order valence-electron chi connectivity index (χ2n) is 12.9. The molecule has 4 aliphatic rings. The summed E-state index contributed by atoms with van der Waals surface area (Å²) in [5.41, 5.74) is -0.253. The van der Waals surface area contributed by atoms with Gasteiger partial charge in [0.25, 0.3) is 0 Å². The molecule has 1 spiro atoms. The third kappa shape index (κ3) is 3.97. The highest BCUT2D eigenvalue weighted by molar-refractivity contribution is 6.03. The molecule has 1 saturated carbocycles. The monoisotopic (exact) mass is 605 g/mol. The number of anilines is 1. The van der Waals surface area contributed by atoms with Gasteiger partial charge < -0.3 is 19.5 Å². The van der Waals surface area contributed by atoms with E-state index in [1.807, 2.05) is 18.9 Å². The first-order chi connectivity index (χ1) is 21.2. The van der Waals surface area contributed by atoms with Gasteiger partial charge in [-0.2, -0.15) is 9.97 Å². The van der Waals surface area contributed by atoms with Gasteiger partial charge in [-0.3, -0.25) is 4.90 Å². The fourth-order valence-corrected chi connectivity index (χ4v) is 7.96. The summed E-state index contributed by atoms with van der Waals surface area (Å²) in [5, 5.41) is 12.0. The third-order valence-corrected chi connectivity index (χ3v) is 10.5. The Morgan fingerprint density at radius 3 is 2.70 bits per heavy atom. The van der Waals surface area contributed by atoms with Gasteiger partial charge in [0, 0.05) is 25.6 Å². The summed E-state index contributed by atoms with van der Waals surface area (Å²) >= 11 is 0. The Bertz CT molecular complexity index is 1830. The SMILES string of the molecule is CCc1c(F)ccc2cc(O)cc(-c3nc4c5c(nc(OC[C@@]67CCCN6C[C@H](F)C7)nc5c3F)N(C)C3(CCC3)CO4)c12. The van der Waals surface area contributed by atoms with Crippen molar-refractivity contribution < 1.29 is 27.8 Å². The standard InChI is InChI=1S/C33H34F3N5O3/c1-3-21-23(35)7-6-18-12-20(42)13-22(24(18)21)27-26(36)28-25-29(40(2)32(8-4-9-32)16-43-30(25)37-27)39-31(38-28)44-17-33-10-5-11-41(33)15-19(34)14-33/h6-7,12-13,19,42H,3-5,8-11,14-17H2,1-2H3/t19-,33+/m1/s1. The molecule has 0 radical (unpaired) electrons. The number of aromatic hydroxyl groups is 1. The van der Waals surface area contributed by atoms with E-state index in [9.17, 15) is 9.50 Å². The van der Waals surface area contributed by atoms with Gasteiger partial charge in [0.2, 0.25) is 5.88 Å². The van der Waals surface area contributed by atoms with Gasteiger partial charge in [-0.25, -0.2) is 18.2 Å². The van der Waals surface area contributed by atoms with Gasteiger partial charge in [0.15, 0.2) is 5.82 Å². The third-order valence-electron chi connectivity index (χ3n) is 10.5. The van der Waals surface area contributed by atoms with E-state index in [0.29, 0.717) is 53.5 Å². The zero-order valence-corrected chi connectivity index (χ0v) is 24.8. The second kappa shape index (κ2) is 9.82. The minimum Gasteiger partial charge on any atom is -0.508 e. The molecule has 1 aliphatic carbocycles. The summed E-state index contributed by atoms with van der Waals surface area (Å²) in [4.78, 5) is 18.2. The number of fused-ring (bicyclic) bond motifs is 2. The highest BCUT2D eigenvalue weighted by Gasteiger charge is 2.50. The Morgan fingerprint density at radius 1 is 1.09 bits per heavy atom. The Kier molecular flexibility index (Phi) is 6.18. The number of phenols is 1. The number of hydrogen-bond donors (Lipinski definition) is 1. The van der Waals surface area contributed by atoms with Crippen molar-refractivity contribution in [1.82, 2.24) is 19.9 Å². The molecule has 0 unspecified atom stereocenters. The summed E-state index contributed by atoms with van der Waals surface area (Å²) in [5.74, 6) is -0.623. The molecule has 1 N–H and O–H groups in total. The zero-order valence-electron chi connectivity index (χ0n) is 24.8. The van der Waals surface area contributed by atoms with Crippen LogP contribution >= 0.6 is 0 Å². The molecule has 2 saturated heterocycles. The molecular weight excluding hydrogens is 571 g/mol. The molecule has 2 aromatic heterocycles. The number of aryl methyl sites for hydroxylation is 1. The van der Waals surface area contributed by atoms with Gasteiger partial charge >= 0.3 is 6.01 Å². The van der Waals surface area contributed by atoms with Gasteiger partial charge in [-0.15, -0.1) is 0 Å². The van der Waals surface area contributed by atoms with Crippen LogP contribution in [0.4, 0.5) is 19.0 Å². The summed E-state index contributed by atoms with van der Waals surface area (Å²) in [6.45, 7) is 3.57. The van der Waals surface area contributed by atoms with Crippen LogP contribution in [-0.2, 0) is 6.42 Å². The Hall–Kier alpha value is -3.86.